The molecule has 0 bridgehead atoms. The third-order valence-electron chi connectivity index (χ3n) is 4.47. The molecule has 2 amide bonds. The lowest BCUT2D eigenvalue weighted by molar-refractivity contribution is -0.141. The molecule has 1 atom stereocenters. The van der Waals surface area contributed by atoms with E-state index >= 15 is 0 Å². The molecule has 1 N–H and O–H groups in total. The van der Waals surface area contributed by atoms with Crippen molar-refractivity contribution in [3.05, 3.63) is 48.7 Å². The predicted molar refractivity (Wildman–Crippen MR) is 87.6 cm³/mol. The lowest BCUT2D eigenvalue weighted by Crippen LogP contribution is -2.54. The summed E-state index contributed by atoms with van der Waals surface area (Å²) >= 11 is 0. The molecule has 1 fully saturated rings. The quantitative estimate of drug-likeness (QED) is 0.883. The molecule has 23 heavy (non-hydrogen) atoms. The zero-order valence-corrected chi connectivity index (χ0v) is 13.2. The fourth-order valence-corrected chi connectivity index (χ4v) is 3.14. The van der Waals surface area contributed by atoms with Crippen LogP contribution in [0.3, 0.4) is 0 Å². The number of likely N-dealkylation sites (tertiary alicyclic amines) is 1. The Kier molecular flexibility index (Phi) is 3.94. The standard InChI is InChI=1S/C18H20N2O3/c1-3-16(21)20-10-6-9-18(20,2)17(22)19-12-14-11-13-7-4-5-8-15(13)23-14/h3-5,7-8,11H,1,6,9-10,12H2,2H3,(H,19,22). The van der Waals surface area contributed by atoms with Crippen LogP contribution < -0.4 is 5.32 Å². The van der Waals surface area contributed by atoms with Gasteiger partial charge in [0.1, 0.15) is 16.9 Å². The van der Waals surface area contributed by atoms with E-state index in [-0.39, 0.29) is 11.8 Å². The van der Waals surface area contributed by atoms with E-state index in [1.165, 1.54) is 6.08 Å². The third-order valence-corrected chi connectivity index (χ3v) is 4.47. The summed E-state index contributed by atoms with van der Waals surface area (Å²) in [7, 11) is 0. The Labute approximate surface area is 134 Å². The van der Waals surface area contributed by atoms with E-state index in [1.807, 2.05) is 30.3 Å². The summed E-state index contributed by atoms with van der Waals surface area (Å²) in [6.07, 6.45) is 2.72. The predicted octanol–water partition coefficient (Wildman–Crippen LogP) is 2.62. The van der Waals surface area contributed by atoms with Crippen LogP contribution in [0.15, 0.2) is 47.4 Å². The topological polar surface area (TPSA) is 62.6 Å². The highest BCUT2D eigenvalue weighted by Gasteiger charge is 2.44. The normalized spacial score (nSPS) is 20.7. The van der Waals surface area contributed by atoms with Gasteiger partial charge in [-0.3, -0.25) is 9.59 Å². The fraction of sp³-hybridized carbons (Fsp3) is 0.333. The average molecular weight is 312 g/mol. The smallest absolute Gasteiger partial charge is 0.246 e. The molecule has 1 saturated heterocycles. The molecule has 1 aliphatic heterocycles. The molecule has 0 saturated carbocycles. The van der Waals surface area contributed by atoms with Gasteiger partial charge in [0.15, 0.2) is 0 Å². The van der Waals surface area contributed by atoms with Gasteiger partial charge in [0.05, 0.1) is 6.54 Å². The van der Waals surface area contributed by atoms with Gasteiger partial charge in [-0.05, 0) is 38.0 Å². The maximum absolute atomic E-state index is 12.6. The van der Waals surface area contributed by atoms with Crippen molar-refractivity contribution in [3.8, 4) is 0 Å². The molecule has 3 rings (SSSR count). The largest absolute Gasteiger partial charge is 0.459 e. The van der Waals surface area contributed by atoms with Crippen molar-refractivity contribution in [2.45, 2.75) is 31.8 Å². The van der Waals surface area contributed by atoms with Gasteiger partial charge >= 0.3 is 0 Å². The van der Waals surface area contributed by atoms with Gasteiger partial charge in [0.25, 0.3) is 0 Å². The van der Waals surface area contributed by atoms with Crippen molar-refractivity contribution < 1.29 is 14.0 Å². The number of benzene rings is 1. The highest BCUT2D eigenvalue weighted by molar-refractivity contribution is 5.95. The van der Waals surface area contributed by atoms with Crippen LogP contribution in [0.2, 0.25) is 0 Å². The minimum Gasteiger partial charge on any atom is -0.459 e. The first-order valence-corrected chi connectivity index (χ1v) is 7.74. The van der Waals surface area contributed by atoms with Crippen molar-refractivity contribution >= 4 is 22.8 Å². The molecule has 1 aromatic carbocycles. The number of carbonyl (C=O) groups is 2. The average Bonchev–Trinajstić information content (AvgIpc) is 3.15. The van der Waals surface area contributed by atoms with E-state index in [2.05, 4.69) is 11.9 Å². The SMILES string of the molecule is C=CC(=O)N1CCCC1(C)C(=O)NCc1cc2ccccc2o1. The molecular weight excluding hydrogens is 292 g/mol. The Morgan fingerprint density at radius 3 is 2.96 bits per heavy atom. The van der Waals surface area contributed by atoms with Crippen LogP contribution in [-0.2, 0) is 16.1 Å². The highest BCUT2D eigenvalue weighted by atomic mass is 16.3. The molecule has 0 spiro atoms. The summed E-state index contributed by atoms with van der Waals surface area (Å²) in [6, 6.07) is 9.63. The van der Waals surface area contributed by atoms with Gasteiger partial charge in [0.2, 0.25) is 11.8 Å². The number of furan rings is 1. The summed E-state index contributed by atoms with van der Waals surface area (Å²) in [5.41, 5.74) is -0.0237. The number of hydrogen-bond acceptors (Lipinski definition) is 3. The Hall–Kier alpha value is -2.56. The maximum atomic E-state index is 12.6. The van der Waals surface area contributed by atoms with E-state index in [4.69, 9.17) is 4.42 Å². The number of carbonyl (C=O) groups excluding carboxylic acids is 2. The van der Waals surface area contributed by atoms with Gasteiger partial charge < -0.3 is 14.6 Å². The molecule has 120 valence electrons. The van der Waals surface area contributed by atoms with Gasteiger partial charge in [-0.1, -0.05) is 24.8 Å². The number of nitrogens with zero attached hydrogens (tertiary/aromatic N) is 1. The minimum absolute atomic E-state index is 0.161. The summed E-state index contributed by atoms with van der Waals surface area (Å²) in [5.74, 6) is 0.331. The van der Waals surface area contributed by atoms with E-state index < -0.39 is 5.54 Å². The van der Waals surface area contributed by atoms with E-state index in [9.17, 15) is 9.59 Å². The third kappa shape index (κ3) is 2.74. The number of rotatable bonds is 4. The number of para-hydroxylation sites is 1. The van der Waals surface area contributed by atoms with Gasteiger partial charge in [-0.2, -0.15) is 0 Å². The molecule has 0 aliphatic carbocycles. The van der Waals surface area contributed by atoms with Crippen LogP contribution in [0.1, 0.15) is 25.5 Å². The van der Waals surface area contributed by atoms with Crippen LogP contribution in [0.25, 0.3) is 11.0 Å². The zero-order chi connectivity index (χ0) is 16.4. The number of hydrogen-bond donors (Lipinski definition) is 1. The summed E-state index contributed by atoms with van der Waals surface area (Å²) in [6.45, 7) is 6.20. The Morgan fingerprint density at radius 2 is 2.22 bits per heavy atom. The van der Waals surface area contributed by atoms with Crippen LogP contribution >= 0.6 is 0 Å². The molecule has 5 nitrogen and oxygen atoms in total. The monoisotopic (exact) mass is 312 g/mol. The molecule has 1 unspecified atom stereocenters. The van der Waals surface area contributed by atoms with Gasteiger partial charge in [-0.15, -0.1) is 0 Å². The van der Waals surface area contributed by atoms with Crippen molar-refractivity contribution in [1.29, 1.82) is 0 Å². The minimum atomic E-state index is -0.822. The second kappa shape index (κ2) is 5.91. The van der Waals surface area contributed by atoms with Crippen molar-refractivity contribution in [2.24, 2.45) is 0 Å². The van der Waals surface area contributed by atoms with Gasteiger partial charge in [-0.25, -0.2) is 0 Å². The summed E-state index contributed by atoms with van der Waals surface area (Å²) < 4.78 is 5.70. The lowest BCUT2D eigenvalue weighted by Gasteiger charge is -2.33. The molecule has 5 heteroatoms. The van der Waals surface area contributed by atoms with E-state index in [0.717, 1.165) is 17.4 Å². The Bertz CT molecular complexity index is 731. The number of amides is 2. The van der Waals surface area contributed by atoms with Crippen molar-refractivity contribution in [3.63, 3.8) is 0 Å². The first kappa shape index (κ1) is 15.3. The number of fused-ring (bicyclic) bond motifs is 1. The van der Waals surface area contributed by atoms with Crippen LogP contribution in [0.4, 0.5) is 0 Å². The highest BCUT2D eigenvalue weighted by Crippen LogP contribution is 2.29. The second-order valence-corrected chi connectivity index (χ2v) is 6.00. The van der Waals surface area contributed by atoms with Crippen LogP contribution in [0.5, 0.6) is 0 Å². The molecule has 1 aromatic heterocycles. The molecule has 2 heterocycles. The first-order valence-electron chi connectivity index (χ1n) is 7.74. The molecule has 0 radical (unpaired) electrons. The summed E-state index contributed by atoms with van der Waals surface area (Å²) in [5, 5.41) is 3.90. The van der Waals surface area contributed by atoms with Crippen molar-refractivity contribution in [2.75, 3.05) is 6.54 Å². The second-order valence-electron chi connectivity index (χ2n) is 6.00. The zero-order valence-electron chi connectivity index (χ0n) is 13.2. The summed E-state index contributed by atoms with van der Waals surface area (Å²) in [4.78, 5) is 26.1. The first-order chi connectivity index (χ1) is 11.0. The maximum Gasteiger partial charge on any atom is 0.246 e. The lowest BCUT2D eigenvalue weighted by atomic mass is 9.97. The number of nitrogens with one attached hydrogen (secondary N) is 1. The molecule has 2 aromatic rings. The Balaban J connectivity index is 1.71. The van der Waals surface area contributed by atoms with Crippen LogP contribution in [0, 0.1) is 0 Å². The fourth-order valence-electron chi connectivity index (χ4n) is 3.14. The van der Waals surface area contributed by atoms with E-state index in [1.54, 1.807) is 11.8 Å². The van der Waals surface area contributed by atoms with Crippen molar-refractivity contribution in [1.82, 2.24) is 10.2 Å². The van der Waals surface area contributed by atoms with Crippen LogP contribution in [-0.4, -0.2) is 28.8 Å². The van der Waals surface area contributed by atoms with Gasteiger partial charge in [0, 0.05) is 11.9 Å². The Morgan fingerprint density at radius 1 is 1.43 bits per heavy atom. The molecule has 1 aliphatic rings. The molecular formula is C18H20N2O3. The van der Waals surface area contributed by atoms with E-state index in [0.29, 0.717) is 25.3 Å².